The van der Waals surface area contributed by atoms with Crippen molar-refractivity contribution in [3.63, 3.8) is 0 Å². The molecule has 0 amide bonds. The van der Waals surface area contributed by atoms with Crippen LogP contribution in [0.25, 0.3) is 0 Å². The van der Waals surface area contributed by atoms with Crippen LogP contribution < -0.4 is 4.74 Å². The molecule has 18 heavy (non-hydrogen) atoms. The largest absolute Gasteiger partial charge is 0.424 e. The van der Waals surface area contributed by atoms with E-state index in [4.69, 9.17) is 9.47 Å². The summed E-state index contributed by atoms with van der Waals surface area (Å²) in [5, 5.41) is 0. The number of ether oxygens (including phenoxy) is 2. The lowest BCUT2D eigenvalue weighted by atomic mass is 9.86. The van der Waals surface area contributed by atoms with Gasteiger partial charge < -0.3 is 9.47 Å². The average Bonchev–Trinajstić information content (AvgIpc) is 2.50. The zero-order chi connectivity index (χ0) is 13.0. The summed E-state index contributed by atoms with van der Waals surface area (Å²) in [5.74, 6) is 0.326. The number of carbonyl (C=O) groups is 1. The van der Waals surface area contributed by atoms with Crippen molar-refractivity contribution in [1.29, 1.82) is 0 Å². The predicted molar refractivity (Wildman–Crippen MR) is 67.4 cm³/mol. The van der Waals surface area contributed by atoms with Crippen LogP contribution in [0, 0.1) is 6.92 Å². The number of hydrogen-bond acceptors (Lipinski definition) is 3. The fourth-order valence-electron chi connectivity index (χ4n) is 2.66. The molecule has 0 aromatic heterocycles. The Kier molecular flexibility index (Phi) is 2.20. The van der Waals surface area contributed by atoms with Gasteiger partial charge in [0, 0.05) is 12.0 Å². The smallest absolute Gasteiger partial charge is 0.349 e. The van der Waals surface area contributed by atoms with Crippen LogP contribution in [0.3, 0.4) is 0 Å². The third kappa shape index (κ3) is 1.51. The van der Waals surface area contributed by atoms with Crippen LogP contribution in [-0.2, 0) is 15.1 Å². The Morgan fingerprint density at radius 2 is 2.06 bits per heavy atom. The second-order valence-electron chi connectivity index (χ2n) is 5.53. The lowest BCUT2D eigenvalue weighted by molar-refractivity contribution is -0.176. The highest BCUT2D eigenvalue weighted by molar-refractivity contribution is 5.89. The number of fused-ring (bicyclic) bond motifs is 2. The second-order valence-corrected chi connectivity index (χ2v) is 5.53. The Morgan fingerprint density at radius 1 is 1.28 bits per heavy atom. The molecule has 3 nitrogen and oxygen atoms in total. The van der Waals surface area contributed by atoms with Crippen molar-refractivity contribution in [2.45, 2.75) is 38.4 Å². The summed E-state index contributed by atoms with van der Waals surface area (Å²) in [6.07, 6.45) is 4.52. The number of hydrogen-bond donors (Lipinski definition) is 0. The summed E-state index contributed by atoms with van der Waals surface area (Å²) in [5.41, 5.74) is 0.505. The van der Waals surface area contributed by atoms with Crippen molar-refractivity contribution >= 4 is 5.97 Å². The number of aryl methyl sites for hydroxylation is 1. The zero-order valence-corrected chi connectivity index (χ0v) is 10.8. The highest BCUT2D eigenvalue weighted by atomic mass is 16.6. The molecule has 0 radical (unpaired) electrons. The minimum atomic E-state index is -0.957. The van der Waals surface area contributed by atoms with Gasteiger partial charge in [0.1, 0.15) is 5.75 Å². The van der Waals surface area contributed by atoms with Gasteiger partial charge in [-0.1, -0.05) is 24.3 Å². The van der Waals surface area contributed by atoms with Crippen molar-refractivity contribution in [1.82, 2.24) is 0 Å². The van der Waals surface area contributed by atoms with Crippen molar-refractivity contribution in [3.05, 3.63) is 41.5 Å². The second kappa shape index (κ2) is 3.45. The van der Waals surface area contributed by atoms with Gasteiger partial charge in [0.05, 0.1) is 5.60 Å². The fourth-order valence-corrected chi connectivity index (χ4v) is 2.66. The average molecular weight is 244 g/mol. The highest BCUT2D eigenvalue weighted by Gasteiger charge is 2.53. The first-order chi connectivity index (χ1) is 8.43. The minimum absolute atomic E-state index is 0.305. The summed E-state index contributed by atoms with van der Waals surface area (Å²) in [7, 11) is 0. The topological polar surface area (TPSA) is 35.5 Å². The van der Waals surface area contributed by atoms with E-state index in [0.29, 0.717) is 12.2 Å². The van der Waals surface area contributed by atoms with Gasteiger partial charge in [0.15, 0.2) is 5.60 Å². The number of rotatable bonds is 0. The van der Waals surface area contributed by atoms with Crippen LogP contribution in [-0.4, -0.2) is 11.6 Å². The van der Waals surface area contributed by atoms with Crippen molar-refractivity contribution in [3.8, 4) is 5.75 Å². The van der Waals surface area contributed by atoms with Gasteiger partial charge >= 0.3 is 5.97 Å². The standard InChI is InChI=1S/C15H16O3/c1-10-5-6-11-12(9-10)17-13(16)15(11)8-4-7-14(2,3)18-15/h4-7,9H,8H2,1-3H3. The maximum absolute atomic E-state index is 12.2. The van der Waals surface area contributed by atoms with Crippen molar-refractivity contribution in [2.75, 3.05) is 0 Å². The van der Waals surface area contributed by atoms with E-state index in [-0.39, 0.29) is 5.97 Å². The highest BCUT2D eigenvalue weighted by Crippen LogP contribution is 2.47. The van der Waals surface area contributed by atoms with E-state index in [1.54, 1.807) is 0 Å². The summed E-state index contributed by atoms with van der Waals surface area (Å²) in [4.78, 5) is 12.2. The maximum Gasteiger partial charge on any atom is 0.349 e. The molecule has 94 valence electrons. The lowest BCUT2D eigenvalue weighted by Gasteiger charge is -2.37. The molecular weight excluding hydrogens is 228 g/mol. The van der Waals surface area contributed by atoms with Crippen LogP contribution in [0.15, 0.2) is 30.4 Å². The molecule has 1 aromatic rings. The number of esters is 1. The molecule has 0 saturated carbocycles. The Morgan fingerprint density at radius 3 is 2.78 bits per heavy atom. The van der Waals surface area contributed by atoms with E-state index in [0.717, 1.165) is 11.1 Å². The van der Waals surface area contributed by atoms with E-state index in [1.165, 1.54) is 0 Å². The van der Waals surface area contributed by atoms with E-state index < -0.39 is 11.2 Å². The maximum atomic E-state index is 12.2. The SMILES string of the molecule is Cc1ccc2c(c1)OC(=O)C21CC=CC(C)(C)O1. The summed E-state index contributed by atoms with van der Waals surface area (Å²) in [6.45, 7) is 5.87. The van der Waals surface area contributed by atoms with E-state index in [9.17, 15) is 4.79 Å². The Hall–Kier alpha value is -1.61. The number of benzene rings is 1. The molecular formula is C15H16O3. The molecule has 1 aromatic carbocycles. The molecule has 0 fully saturated rings. The minimum Gasteiger partial charge on any atom is -0.424 e. The zero-order valence-electron chi connectivity index (χ0n) is 10.8. The van der Waals surface area contributed by atoms with Gasteiger partial charge in [0.2, 0.25) is 0 Å². The summed E-state index contributed by atoms with van der Waals surface area (Å²) < 4.78 is 11.4. The van der Waals surface area contributed by atoms with Crippen LogP contribution in [0.5, 0.6) is 5.75 Å². The van der Waals surface area contributed by atoms with Gasteiger partial charge in [-0.05, 0) is 32.4 Å². The molecule has 0 aliphatic carbocycles. The molecule has 2 heterocycles. The Labute approximate surface area is 106 Å². The first-order valence-electron chi connectivity index (χ1n) is 6.14. The Bertz CT molecular complexity index is 557. The molecule has 3 rings (SSSR count). The quantitative estimate of drug-likeness (QED) is 0.400. The summed E-state index contributed by atoms with van der Waals surface area (Å²) >= 11 is 0. The number of carbonyl (C=O) groups excluding carboxylic acids is 1. The monoisotopic (exact) mass is 244 g/mol. The van der Waals surface area contributed by atoms with Gasteiger partial charge in [-0.15, -0.1) is 0 Å². The van der Waals surface area contributed by atoms with Crippen LogP contribution in [0.2, 0.25) is 0 Å². The molecule has 2 aliphatic rings. The molecule has 1 spiro atoms. The van der Waals surface area contributed by atoms with E-state index in [1.807, 2.05) is 51.1 Å². The molecule has 1 unspecified atom stereocenters. The normalized spacial score (nSPS) is 28.3. The molecule has 0 N–H and O–H groups in total. The molecule has 0 saturated heterocycles. The lowest BCUT2D eigenvalue weighted by Crippen LogP contribution is -2.45. The van der Waals surface area contributed by atoms with Crippen LogP contribution in [0.1, 0.15) is 31.4 Å². The fraction of sp³-hybridized carbons (Fsp3) is 0.400. The van der Waals surface area contributed by atoms with E-state index >= 15 is 0 Å². The Balaban J connectivity index is 2.14. The van der Waals surface area contributed by atoms with Gasteiger partial charge in [0.25, 0.3) is 0 Å². The molecule has 1 atom stereocenters. The predicted octanol–water partition coefficient (Wildman–Crippen LogP) is 2.86. The van der Waals surface area contributed by atoms with Crippen molar-refractivity contribution < 1.29 is 14.3 Å². The third-order valence-electron chi connectivity index (χ3n) is 3.47. The van der Waals surface area contributed by atoms with Crippen molar-refractivity contribution in [2.24, 2.45) is 0 Å². The first kappa shape index (κ1) is 11.5. The van der Waals surface area contributed by atoms with Gasteiger partial charge in [-0.2, -0.15) is 0 Å². The van der Waals surface area contributed by atoms with Crippen LogP contribution in [0.4, 0.5) is 0 Å². The van der Waals surface area contributed by atoms with E-state index in [2.05, 4.69) is 0 Å². The third-order valence-corrected chi connectivity index (χ3v) is 3.47. The molecule has 2 aliphatic heterocycles. The molecule has 0 bridgehead atoms. The van der Waals surface area contributed by atoms with Gasteiger partial charge in [-0.25, -0.2) is 4.79 Å². The molecule has 3 heteroatoms. The first-order valence-corrected chi connectivity index (χ1v) is 6.14. The van der Waals surface area contributed by atoms with Crippen LogP contribution >= 0.6 is 0 Å². The summed E-state index contributed by atoms with van der Waals surface area (Å²) in [6, 6.07) is 5.80. The van der Waals surface area contributed by atoms with Gasteiger partial charge in [-0.3, -0.25) is 0 Å².